The number of methoxy groups -OCH3 is 1. The minimum atomic E-state index is -0.803. The maximum absolute atomic E-state index is 9.82. The first-order chi connectivity index (χ1) is 9.04. The van der Waals surface area contributed by atoms with Crippen molar-refractivity contribution in [3.63, 3.8) is 0 Å². The average Bonchev–Trinajstić information content (AvgIpc) is 2.79. The molecule has 0 aliphatic rings. The molecule has 5 nitrogen and oxygen atoms in total. The van der Waals surface area contributed by atoms with Gasteiger partial charge >= 0.3 is 0 Å². The molecule has 4 N–H and O–H groups in total. The van der Waals surface area contributed by atoms with Crippen LogP contribution < -0.4 is 10.5 Å². The largest absolute Gasteiger partial charge is 0.497 e. The Kier molecular flexibility index (Phi) is 4.34. The molecule has 0 aliphatic heterocycles. The number of hydrogen-bond donors (Lipinski definition) is 3. The summed E-state index contributed by atoms with van der Waals surface area (Å²) in [5.74, 6) is 1.57. The van der Waals surface area contributed by atoms with E-state index in [1.54, 1.807) is 25.8 Å². The Hall–Kier alpha value is -1.24. The van der Waals surface area contributed by atoms with Crippen molar-refractivity contribution in [1.29, 1.82) is 0 Å². The van der Waals surface area contributed by atoms with Crippen LogP contribution in [-0.2, 0) is 0 Å². The second-order valence-electron chi connectivity index (χ2n) is 4.72. The Morgan fingerprint density at radius 3 is 3.00 bits per heavy atom. The van der Waals surface area contributed by atoms with E-state index in [1.165, 1.54) is 0 Å². The summed E-state index contributed by atoms with van der Waals surface area (Å²) in [6.07, 6.45) is 0.633. The number of hydrogen-bond acceptors (Lipinski definition) is 5. The van der Waals surface area contributed by atoms with Crippen molar-refractivity contribution in [3.8, 4) is 5.75 Å². The smallest absolute Gasteiger partial charge is 0.166 e. The fourth-order valence-corrected chi connectivity index (χ4v) is 2.71. The number of ether oxygens (including phenoxy) is 1. The molecule has 2 rings (SSSR count). The lowest BCUT2D eigenvalue weighted by Crippen LogP contribution is -2.34. The van der Waals surface area contributed by atoms with E-state index in [0.717, 1.165) is 27.7 Å². The number of aliphatic hydroxyl groups is 1. The predicted octanol–water partition coefficient (Wildman–Crippen LogP) is 1.76. The SMILES string of the molecule is COc1ccc2nc(SCCC(C)(O)CN)[nH]c2c1. The molecule has 0 amide bonds. The van der Waals surface area contributed by atoms with E-state index in [-0.39, 0.29) is 6.54 Å². The number of rotatable bonds is 6. The first-order valence-corrected chi connectivity index (χ1v) is 7.11. The summed E-state index contributed by atoms with van der Waals surface area (Å²) in [4.78, 5) is 7.71. The van der Waals surface area contributed by atoms with Gasteiger partial charge in [0.15, 0.2) is 5.16 Å². The molecule has 19 heavy (non-hydrogen) atoms. The average molecular weight is 281 g/mol. The molecule has 1 atom stereocenters. The Morgan fingerprint density at radius 2 is 2.32 bits per heavy atom. The van der Waals surface area contributed by atoms with Crippen molar-refractivity contribution >= 4 is 22.8 Å². The highest BCUT2D eigenvalue weighted by Crippen LogP contribution is 2.24. The Balaban J connectivity index is 2.01. The third-order valence-corrected chi connectivity index (χ3v) is 3.86. The molecular formula is C13H19N3O2S. The Bertz CT molecular complexity index is 554. The van der Waals surface area contributed by atoms with E-state index in [4.69, 9.17) is 10.5 Å². The van der Waals surface area contributed by atoms with Gasteiger partial charge in [0.25, 0.3) is 0 Å². The van der Waals surface area contributed by atoms with Gasteiger partial charge in [-0.15, -0.1) is 0 Å². The van der Waals surface area contributed by atoms with Crippen LogP contribution in [0.1, 0.15) is 13.3 Å². The standard InChI is InChI=1S/C13H19N3O2S/c1-13(17,8-14)5-6-19-12-15-10-4-3-9(18-2)7-11(10)16-12/h3-4,7,17H,5-6,8,14H2,1-2H3,(H,15,16). The van der Waals surface area contributed by atoms with Crippen molar-refractivity contribution in [2.24, 2.45) is 5.73 Å². The summed E-state index contributed by atoms with van der Waals surface area (Å²) in [7, 11) is 1.64. The molecule has 0 bridgehead atoms. The molecule has 6 heteroatoms. The monoisotopic (exact) mass is 281 g/mol. The number of fused-ring (bicyclic) bond motifs is 1. The fourth-order valence-electron chi connectivity index (χ4n) is 1.63. The van der Waals surface area contributed by atoms with E-state index < -0.39 is 5.60 Å². The number of nitrogens with one attached hydrogen (secondary N) is 1. The topological polar surface area (TPSA) is 84.2 Å². The van der Waals surface area contributed by atoms with Crippen LogP contribution in [0.4, 0.5) is 0 Å². The molecule has 0 saturated heterocycles. The number of benzene rings is 1. The molecule has 1 heterocycles. The number of H-pyrrole nitrogens is 1. The summed E-state index contributed by atoms with van der Waals surface area (Å²) >= 11 is 1.58. The highest BCUT2D eigenvalue weighted by Gasteiger charge is 2.17. The Labute approximate surface area is 116 Å². The van der Waals surface area contributed by atoms with Gasteiger partial charge in [0, 0.05) is 18.4 Å². The van der Waals surface area contributed by atoms with Gasteiger partial charge in [0.2, 0.25) is 0 Å². The minimum Gasteiger partial charge on any atom is -0.497 e. The second kappa shape index (κ2) is 5.81. The van der Waals surface area contributed by atoms with Gasteiger partial charge in [-0.25, -0.2) is 4.98 Å². The second-order valence-corrected chi connectivity index (χ2v) is 5.81. The molecule has 1 aromatic heterocycles. The normalized spacial score (nSPS) is 14.5. The number of nitrogens with zero attached hydrogens (tertiary/aromatic N) is 1. The van der Waals surface area contributed by atoms with E-state index in [2.05, 4.69) is 9.97 Å². The van der Waals surface area contributed by atoms with Crippen LogP contribution in [0.3, 0.4) is 0 Å². The van der Waals surface area contributed by atoms with Crippen molar-refractivity contribution in [3.05, 3.63) is 18.2 Å². The molecule has 104 valence electrons. The first kappa shape index (κ1) is 14.2. The zero-order valence-corrected chi connectivity index (χ0v) is 12.0. The van der Waals surface area contributed by atoms with E-state index in [1.807, 2.05) is 18.2 Å². The van der Waals surface area contributed by atoms with Crippen LogP contribution in [0, 0.1) is 0 Å². The van der Waals surface area contributed by atoms with Gasteiger partial charge in [0.05, 0.1) is 23.7 Å². The van der Waals surface area contributed by atoms with Gasteiger partial charge in [-0.1, -0.05) is 11.8 Å². The molecule has 1 unspecified atom stereocenters. The molecule has 0 spiro atoms. The molecule has 1 aromatic carbocycles. The molecule has 0 aliphatic carbocycles. The zero-order valence-electron chi connectivity index (χ0n) is 11.1. The maximum Gasteiger partial charge on any atom is 0.166 e. The first-order valence-electron chi connectivity index (χ1n) is 6.13. The van der Waals surface area contributed by atoms with Gasteiger partial charge in [-0.3, -0.25) is 0 Å². The van der Waals surface area contributed by atoms with Crippen LogP contribution in [0.25, 0.3) is 11.0 Å². The number of thioether (sulfide) groups is 1. The molecule has 0 saturated carbocycles. The third kappa shape index (κ3) is 3.62. The number of nitrogens with two attached hydrogens (primary N) is 1. The van der Waals surface area contributed by atoms with E-state index >= 15 is 0 Å². The van der Waals surface area contributed by atoms with Crippen molar-refractivity contribution in [2.45, 2.75) is 24.1 Å². The zero-order chi connectivity index (χ0) is 13.9. The van der Waals surface area contributed by atoms with Crippen molar-refractivity contribution in [2.75, 3.05) is 19.4 Å². The quantitative estimate of drug-likeness (QED) is 0.703. The van der Waals surface area contributed by atoms with Gasteiger partial charge in [-0.2, -0.15) is 0 Å². The Morgan fingerprint density at radius 1 is 1.53 bits per heavy atom. The number of aromatic amines is 1. The van der Waals surface area contributed by atoms with Crippen LogP contribution in [0.15, 0.2) is 23.4 Å². The molecule has 2 aromatic rings. The van der Waals surface area contributed by atoms with Gasteiger partial charge in [0.1, 0.15) is 5.75 Å². The fraction of sp³-hybridized carbons (Fsp3) is 0.462. The van der Waals surface area contributed by atoms with Crippen molar-refractivity contribution in [1.82, 2.24) is 9.97 Å². The number of imidazole rings is 1. The highest BCUT2D eigenvalue weighted by molar-refractivity contribution is 7.99. The van der Waals surface area contributed by atoms with E-state index in [0.29, 0.717) is 6.42 Å². The lowest BCUT2D eigenvalue weighted by molar-refractivity contribution is 0.0665. The predicted molar refractivity (Wildman–Crippen MR) is 77.7 cm³/mol. The van der Waals surface area contributed by atoms with Crippen LogP contribution in [0.2, 0.25) is 0 Å². The minimum absolute atomic E-state index is 0.269. The lowest BCUT2D eigenvalue weighted by Gasteiger charge is -2.19. The summed E-state index contributed by atoms with van der Waals surface area (Å²) < 4.78 is 5.17. The summed E-state index contributed by atoms with van der Waals surface area (Å²) in [5, 5.41) is 10.7. The third-order valence-electron chi connectivity index (χ3n) is 2.99. The van der Waals surface area contributed by atoms with Gasteiger partial charge < -0.3 is 20.6 Å². The molecular weight excluding hydrogens is 262 g/mol. The summed E-state index contributed by atoms with van der Waals surface area (Å²) in [6, 6.07) is 5.73. The van der Waals surface area contributed by atoms with Crippen LogP contribution in [0.5, 0.6) is 5.75 Å². The summed E-state index contributed by atoms with van der Waals surface area (Å²) in [5.41, 5.74) is 6.54. The van der Waals surface area contributed by atoms with Crippen LogP contribution >= 0.6 is 11.8 Å². The van der Waals surface area contributed by atoms with Crippen molar-refractivity contribution < 1.29 is 9.84 Å². The molecule has 0 fully saturated rings. The number of aromatic nitrogens is 2. The molecule has 0 radical (unpaired) electrons. The van der Waals surface area contributed by atoms with Crippen LogP contribution in [-0.4, -0.2) is 40.1 Å². The van der Waals surface area contributed by atoms with Gasteiger partial charge in [-0.05, 0) is 25.5 Å². The van der Waals surface area contributed by atoms with E-state index in [9.17, 15) is 5.11 Å². The maximum atomic E-state index is 9.82. The summed E-state index contributed by atoms with van der Waals surface area (Å²) in [6.45, 7) is 2.02. The highest BCUT2D eigenvalue weighted by atomic mass is 32.2. The lowest BCUT2D eigenvalue weighted by atomic mass is 10.1.